The van der Waals surface area contributed by atoms with Crippen LogP contribution in [-0.4, -0.2) is 17.8 Å². The summed E-state index contributed by atoms with van der Waals surface area (Å²) in [4.78, 5) is 11.5. The summed E-state index contributed by atoms with van der Waals surface area (Å²) in [6.07, 6.45) is 0. The molecule has 0 unspecified atom stereocenters. The van der Waals surface area contributed by atoms with Crippen LogP contribution in [0.25, 0.3) is 0 Å². The Kier molecular flexibility index (Phi) is 4.72. The predicted molar refractivity (Wildman–Crippen MR) is 62.6 cm³/mol. The van der Waals surface area contributed by atoms with Crippen molar-refractivity contribution in [3.63, 3.8) is 0 Å². The van der Waals surface area contributed by atoms with Crippen LogP contribution in [0.1, 0.15) is 10.4 Å². The van der Waals surface area contributed by atoms with Gasteiger partial charge in [-0.1, -0.05) is 39.1 Å². The maximum atomic E-state index is 11.5. The highest BCUT2D eigenvalue weighted by atomic mass is 79.9. The van der Waals surface area contributed by atoms with Gasteiger partial charge in [-0.25, -0.2) is 0 Å². The lowest BCUT2D eigenvalue weighted by Crippen LogP contribution is -2.25. The van der Waals surface area contributed by atoms with Crippen LogP contribution < -0.4 is 5.32 Å². The van der Waals surface area contributed by atoms with E-state index in [9.17, 15) is 4.79 Å². The van der Waals surface area contributed by atoms with E-state index in [0.29, 0.717) is 27.5 Å². The van der Waals surface area contributed by atoms with Crippen LogP contribution in [-0.2, 0) is 0 Å². The van der Waals surface area contributed by atoms with Crippen molar-refractivity contribution in [3.8, 4) is 0 Å². The molecule has 76 valence electrons. The molecule has 1 N–H and O–H groups in total. The van der Waals surface area contributed by atoms with E-state index in [-0.39, 0.29) is 5.91 Å². The van der Waals surface area contributed by atoms with Crippen LogP contribution >= 0.6 is 39.1 Å². The van der Waals surface area contributed by atoms with Crippen molar-refractivity contribution < 1.29 is 4.79 Å². The van der Waals surface area contributed by atoms with Crippen LogP contribution in [0.4, 0.5) is 0 Å². The fraction of sp³-hybridized carbons (Fsp3) is 0.222. The van der Waals surface area contributed by atoms with Gasteiger partial charge in [-0.2, -0.15) is 0 Å². The number of hydrogen-bond acceptors (Lipinski definition) is 1. The zero-order valence-electron chi connectivity index (χ0n) is 7.19. The number of benzene rings is 1. The second-order valence-electron chi connectivity index (χ2n) is 2.60. The Morgan fingerprint density at radius 1 is 1.29 bits per heavy atom. The van der Waals surface area contributed by atoms with E-state index in [0.717, 1.165) is 0 Å². The van der Waals surface area contributed by atoms with E-state index in [1.807, 2.05) is 0 Å². The summed E-state index contributed by atoms with van der Waals surface area (Å²) in [7, 11) is 0. The topological polar surface area (TPSA) is 29.1 Å². The van der Waals surface area contributed by atoms with Gasteiger partial charge in [0.25, 0.3) is 5.91 Å². The van der Waals surface area contributed by atoms with E-state index in [4.69, 9.17) is 23.2 Å². The Balaban J connectivity index is 2.79. The molecule has 0 aliphatic rings. The predicted octanol–water partition coefficient (Wildman–Crippen LogP) is 3.12. The molecule has 0 aliphatic carbocycles. The molecule has 5 heteroatoms. The molecule has 0 aromatic heterocycles. The number of halogens is 3. The molecule has 0 saturated carbocycles. The van der Waals surface area contributed by atoms with Crippen molar-refractivity contribution in [2.45, 2.75) is 0 Å². The summed E-state index contributed by atoms with van der Waals surface area (Å²) < 4.78 is 0. The lowest BCUT2D eigenvalue weighted by Gasteiger charge is -2.03. The van der Waals surface area contributed by atoms with Crippen molar-refractivity contribution in [1.29, 1.82) is 0 Å². The van der Waals surface area contributed by atoms with Crippen LogP contribution in [0.15, 0.2) is 18.2 Å². The van der Waals surface area contributed by atoms with Gasteiger partial charge in [0.15, 0.2) is 0 Å². The standard InChI is InChI=1S/C9H8BrCl2NO/c10-1-2-13-9(14)6-3-7(11)5-8(12)4-6/h3-5H,1-2H2,(H,13,14). The maximum absolute atomic E-state index is 11.5. The third kappa shape index (κ3) is 3.48. The molecule has 0 saturated heterocycles. The van der Waals surface area contributed by atoms with Crippen LogP contribution in [0, 0.1) is 0 Å². The fourth-order valence-electron chi connectivity index (χ4n) is 0.948. The summed E-state index contributed by atoms with van der Waals surface area (Å²) in [5, 5.41) is 4.33. The minimum absolute atomic E-state index is 0.172. The Bertz CT molecular complexity index is 323. The summed E-state index contributed by atoms with van der Waals surface area (Å²) in [5.41, 5.74) is 0.475. The van der Waals surface area contributed by atoms with Gasteiger partial charge in [0, 0.05) is 27.5 Å². The molecule has 0 spiro atoms. The van der Waals surface area contributed by atoms with Crippen molar-refractivity contribution in [2.75, 3.05) is 11.9 Å². The van der Waals surface area contributed by atoms with E-state index in [1.165, 1.54) is 0 Å². The molecule has 1 amide bonds. The average Bonchev–Trinajstić information content (AvgIpc) is 2.12. The SMILES string of the molecule is O=C(NCCBr)c1cc(Cl)cc(Cl)c1. The molecule has 0 bridgehead atoms. The minimum atomic E-state index is -0.172. The lowest BCUT2D eigenvalue weighted by molar-refractivity contribution is 0.0956. The third-order valence-electron chi connectivity index (χ3n) is 1.50. The highest BCUT2D eigenvalue weighted by Gasteiger charge is 2.06. The number of nitrogens with one attached hydrogen (secondary N) is 1. The molecular formula is C9H8BrCl2NO. The number of alkyl halides is 1. The summed E-state index contributed by atoms with van der Waals surface area (Å²) >= 11 is 14.7. The Morgan fingerprint density at radius 3 is 2.36 bits per heavy atom. The van der Waals surface area contributed by atoms with Crippen LogP contribution in [0.2, 0.25) is 10.0 Å². The van der Waals surface area contributed by atoms with Gasteiger partial charge in [-0.05, 0) is 18.2 Å². The summed E-state index contributed by atoms with van der Waals surface area (Å²) in [5.74, 6) is -0.172. The quantitative estimate of drug-likeness (QED) is 0.853. The fourth-order valence-corrected chi connectivity index (χ4v) is 1.67. The smallest absolute Gasteiger partial charge is 0.251 e. The largest absolute Gasteiger partial charge is 0.351 e. The summed E-state index contributed by atoms with van der Waals surface area (Å²) in [6, 6.07) is 4.75. The average molecular weight is 297 g/mol. The van der Waals surface area contributed by atoms with Crippen LogP contribution in [0.5, 0.6) is 0 Å². The Labute approximate surface area is 101 Å². The van der Waals surface area contributed by atoms with E-state index >= 15 is 0 Å². The molecule has 14 heavy (non-hydrogen) atoms. The first-order valence-electron chi connectivity index (χ1n) is 3.93. The highest BCUT2D eigenvalue weighted by Crippen LogP contribution is 2.18. The second kappa shape index (κ2) is 5.59. The van der Waals surface area contributed by atoms with Crippen molar-refractivity contribution >= 4 is 45.0 Å². The first-order valence-corrected chi connectivity index (χ1v) is 5.81. The number of rotatable bonds is 3. The normalized spacial score (nSPS) is 9.93. The molecule has 0 fully saturated rings. The molecule has 1 rings (SSSR count). The Morgan fingerprint density at radius 2 is 1.86 bits per heavy atom. The third-order valence-corrected chi connectivity index (χ3v) is 2.34. The first kappa shape index (κ1) is 11.8. The molecule has 2 nitrogen and oxygen atoms in total. The lowest BCUT2D eigenvalue weighted by atomic mass is 10.2. The van der Waals surface area contributed by atoms with Gasteiger partial charge in [0.1, 0.15) is 0 Å². The van der Waals surface area contributed by atoms with Gasteiger partial charge in [-0.3, -0.25) is 4.79 Å². The van der Waals surface area contributed by atoms with Gasteiger partial charge in [0.05, 0.1) is 0 Å². The minimum Gasteiger partial charge on any atom is -0.351 e. The monoisotopic (exact) mass is 295 g/mol. The zero-order chi connectivity index (χ0) is 10.6. The first-order chi connectivity index (χ1) is 6.63. The highest BCUT2D eigenvalue weighted by molar-refractivity contribution is 9.09. The van der Waals surface area contributed by atoms with Crippen molar-refractivity contribution in [3.05, 3.63) is 33.8 Å². The molecule has 1 aromatic carbocycles. The second-order valence-corrected chi connectivity index (χ2v) is 4.27. The van der Waals surface area contributed by atoms with Crippen LogP contribution in [0.3, 0.4) is 0 Å². The molecular weight excluding hydrogens is 289 g/mol. The number of carbonyl (C=O) groups is 1. The summed E-state index contributed by atoms with van der Waals surface area (Å²) in [6.45, 7) is 0.572. The van der Waals surface area contributed by atoms with Gasteiger partial charge < -0.3 is 5.32 Å². The maximum Gasteiger partial charge on any atom is 0.251 e. The van der Waals surface area contributed by atoms with Gasteiger partial charge in [-0.15, -0.1) is 0 Å². The molecule has 1 aromatic rings. The van der Waals surface area contributed by atoms with E-state index in [1.54, 1.807) is 18.2 Å². The zero-order valence-corrected chi connectivity index (χ0v) is 10.3. The van der Waals surface area contributed by atoms with E-state index < -0.39 is 0 Å². The molecule has 0 radical (unpaired) electrons. The number of carbonyl (C=O) groups excluding carboxylic acids is 1. The number of hydrogen-bond donors (Lipinski definition) is 1. The molecule has 0 aliphatic heterocycles. The Hall–Kier alpha value is -0.250. The van der Waals surface area contributed by atoms with Gasteiger partial charge in [0.2, 0.25) is 0 Å². The molecule has 0 heterocycles. The number of amides is 1. The van der Waals surface area contributed by atoms with Crippen molar-refractivity contribution in [1.82, 2.24) is 5.32 Å². The molecule has 0 atom stereocenters. The van der Waals surface area contributed by atoms with Crippen molar-refractivity contribution in [2.24, 2.45) is 0 Å². The van der Waals surface area contributed by atoms with Gasteiger partial charge >= 0.3 is 0 Å². The van der Waals surface area contributed by atoms with E-state index in [2.05, 4.69) is 21.2 Å².